The van der Waals surface area contributed by atoms with Crippen LogP contribution in [0.3, 0.4) is 0 Å². The van der Waals surface area contributed by atoms with E-state index in [1.54, 1.807) is 0 Å². The number of aromatic nitrogens is 3. The molecule has 1 heterocycles. The summed E-state index contributed by atoms with van der Waals surface area (Å²) in [6.07, 6.45) is 0. The maximum Gasteiger partial charge on any atom is 0.164 e. The van der Waals surface area contributed by atoms with Gasteiger partial charge in [-0.15, -0.1) is 0 Å². The summed E-state index contributed by atoms with van der Waals surface area (Å²) < 4.78 is 0. The average molecular weight is 778 g/mol. The third-order valence-corrected chi connectivity index (χ3v) is 12.9. The first-order valence-corrected chi connectivity index (χ1v) is 21.0. The third kappa shape index (κ3) is 5.55. The van der Waals surface area contributed by atoms with Crippen LogP contribution in [0.15, 0.2) is 200 Å². The summed E-state index contributed by atoms with van der Waals surface area (Å²) in [6.45, 7) is 4.66. The van der Waals surface area contributed by atoms with Gasteiger partial charge in [0, 0.05) is 22.1 Å². The van der Waals surface area contributed by atoms with Crippen LogP contribution in [0.4, 0.5) is 0 Å². The summed E-state index contributed by atoms with van der Waals surface area (Å²) in [5, 5.41) is 10.1. The Hall–Kier alpha value is -7.75. The molecule has 0 fully saturated rings. The third-order valence-electron chi connectivity index (χ3n) is 12.9. The largest absolute Gasteiger partial charge is 0.208 e. The van der Waals surface area contributed by atoms with E-state index in [2.05, 4.69) is 196 Å². The molecular formula is C58H39N3. The minimum absolute atomic E-state index is 0.0566. The Morgan fingerprint density at radius 2 is 0.754 bits per heavy atom. The zero-order chi connectivity index (χ0) is 40.7. The molecule has 0 saturated carbocycles. The lowest BCUT2D eigenvalue weighted by atomic mass is 9.82. The van der Waals surface area contributed by atoms with Crippen molar-refractivity contribution in [3.63, 3.8) is 0 Å². The van der Waals surface area contributed by atoms with Gasteiger partial charge in [-0.2, -0.15) is 0 Å². The highest BCUT2D eigenvalue weighted by Gasteiger charge is 2.36. The molecule has 3 heteroatoms. The number of rotatable bonds is 5. The summed E-state index contributed by atoms with van der Waals surface area (Å²) in [5.74, 6) is 1.92. The monoisotopic (exact) mass is 777 g/mol. The van der Waals surface area contributed by atoms with Crippen LogP contribution < -0.4 is 0 Å². The van der Waals surface area contributed by atoms with Gasteiger partial charge in [-0.3, -0.25) is 0 Å². The van der Waals surface area contributed by atoms with Crippen LogP contribution in [0, 0.1) is 0 Å². The maximum atomic E-state index is 5.21. The van der Waals surface area contributed by atoms with Gasteiger partial charge < -0.3 is 0 Å². The van der Waals surface area contributed by atoms with Gasteiger partial charge in [0.05, 0.1) is 0 Å². The highest BCUT2D eigenvalue weighted by atomic mass is 15.0. The van der Waals surface area contributed by atoms with Gasteiger partial charge >= 0.3 is 0 Å². The molecule has 0 atom stereocenters. The molecule has 1 aliphatic rings. The molecule has 0 spiro atoms. The smallest absolute Gasteiger partial charge is 0.164 e. The van der Waals surface area contributed by atoms with Gasteiger partial charge in [-0.05, 0) is 99.7 Å². The van der Waals surface area contributed by atoms with Gasteiger partial charge in [0.25, 0.3) is 0 Å². The first-order chi connectivity index (χ1) is 30.0. The van der Waals surface area contributed by atoms with Crippen molar-refractivity contribution in [3.8, 4) is 67.5 Å². The molecule has 0 amide bonds. The Labute approximate surface area is 354 Å². The summed E-state index contributed by atoms with van der Waals surface area (Å²) in [4.78, 5) is 15.4. The number of hydrogen-bond donors (Lipinski definition) is 0. The van der Waals surface area contributed by atoms with Gasteiger partial charge in [0.2, 0.25) is 0 Å². The van der Waals surface area contributed by atoms with Crippen LogP contribution in [-0.2, 0) is 5.41 Å². The van der Waals surface area contributed by atoms with Crippen molar-refractivity contribution in [2.75, 3.05) is 0 Å². The fraction of sp³-hybridized carbons (Fsp3) is 0.0517. The van der Waals surface area contributed by atoms with Crippen molar-refractivity contribution >= 4 is 43.1 Å². The second-order valence-electron chi connectivity index (χ2n) is 16.7. The standard InChI is InChI=1S/C58H39N3/c1-58(2)51-28-13-12-26-48(51)54-41(27-15-29-52(54)58)36-30-32-38(33-31-36)56-59-55(37-16-4-3-5-17-37)60-57(61-56)40-19-14-18-39(34-40)49-35-50-44-22-7-6-20-42(44)43-21-8-10-24-46(43)53(50)47-25-11-9-23-45(47)49/h3-35H,1-2H3. The number of fused-ring (bicyclic) bond motifs is 11. The molecular weight excluding hydrogens is 739 g/mol. The van der Waals surface area contributed by atoms with Gasteiger partial charge in [0.1, 0.15) is 0 Å². The highest BCUT2D eigenvalue weighted by molar-refractivity contribution is 6.33. The average Bonchev–Trinajstić information content (AvgIpc) is 3.57. The van der Waals surface area contributed by atoms with E-state index in [0.717, 1.165) is 22.3 Å². The van der Waals surface area contributed by atoms with E-state index in [1.807, 2.05) is 18.2 Å². The first-order valence-electron chi connectivity index (χ1n) is 21.0. The van der Waals surface area contributed by atoms with E-state index in [1.165, 1.54) is 82.0 Å². The van der Waals surface area contributed by atoms with E-state index < -0.39 is 0 Å². The summed E-state index contributed by atoms with van der Waals surface area (Å²) in [5.41, 5.74) is 12.8. The predicted molar refractivity (Wildman–Crippen MR) is 255 cm³/mol. The SMILES string of the molecule is CC1(C)c2ccccc2-c2c(-c3ccc(-c4nc(-c5ccccc5)nc(-c5cccc(-c6cc7c8ccccc8c8ccccc8c7c7ccccc67)c5)n4)cc3)cccc21. The molecule has 0 unspecified atom stereocenters. The minimum Gasteiger partial charge on any atom is -0.208 e. The van der Waals surface area contributed by atoms with Crippen LogP contribution in [0.1, 0.15) is 25.0 Å². The van der Waals surface area contributed by atoms with Crippen molar-refractivity contribution in [2.45, 2.75) is 19.3 Å². The van der Waals surface area contributed by atoms with Crippen LogP contribution in [0.5, 0.6) is 0 Å². The first kappa shape index (κ1) is 35.2. The van der Waals surface area contributed by atoms with Crippen LogP contribution in [0.2, 0.25) is 0 Å². The van der Waals surface area contributed by atoms with Crippen molar-refractivity contribution in [3.05, 3.63) is 211 Å². The zero-order valence-corrected chi connectivity index (χ0v) is 33.9. The second-order valence-corrected chi connectivity index (χ2v) is 16.7. The fourth-order valence-electron chi connectivity index (χ4n) is 9.98. The quantitative estimate of drug-likeness (QED) is 0.163. The fourth-order valence-corrected chi connectivity index (χ4v) is 9.98. The summed E-state index contributed by atoms with van der Waals surface area (Å²) >= 11 is 0. The van der Waals surface area contributed by atoms with Crippen molar-refractivity contribution in [1.29, 1.82) is 0 Å². The van der Waals surface area contributed by atoms with Crippen LogP contribution in [0.25, 0.3) is 111 Å². The molecule has 1 aromatic heterocycles. The Balaban J connectivity index is 1.000. The highest BCUT2D eigenvalue weighted by Crippen LogP contribution is 2.52. The minimum atomic E-state index is -0.0566. The molecule has 0 aliphatic heterocycles. The Morgan fingerprint density at radius 1 is 0.295 bits per heavy atom. The molecule has 10 aromatic carbocycles. The summed E-state index contributed by atoms with van der Waals surface area (Å²) in [6, 6.07) is 72.0. The topological polar surface area (TPSA) is 38.7 Å². The van der Waals surface area contributed by atoms with E-state index >= 15 is 0 Å². The van der Waals surface area contributed by atoms with Gasteiger partial charge in [-0.1, -0.05) is 202 Å². The number of benzene rings is 10. The van der Waals surface area contributed by atoms with Crippen molar-refractivity contribution in [1.82, 2.24) is 15.0 Å². The lowest BCUT2D eigenvalue weighted by Gasteiger charge is -2.21. The van der Waals surface area contributed by atoms with Crippen LogP contribution in [-0.4, -0.2) is 15.0 Å². The Bertz CT molecular complexity index is 3550. The Morgan fingerprint density at radius 3 is 1.48 bits per heavy atom. The molecule has 12 rings (SSSR count). The lowest BCUT2D eigenvalue weighted by molar-refractivity contribution is 0.660. The number of hydrogen-bond acceptors (Lipinski definition) is 3. The van der Waals surface area contributed by atoms with Crippen molar-refractivity contribution in [2.24, 2.45) is 0 Å². The number of nitrogens with zero attached hydrogens (tertiary/aromatic N) is 3. The Kier molecular flexibility index (Phi) is 7.88. The van der Waals surface area contributed by atoms with Crippen molar-refractivity contribution < 1.29 is 0 Å². The summed E-state index contributed by atoms with van der Waals surface area (Å²) in [7, 11) is 0. The normalized spacial score (nSPS) is 12.9. The maximum absolute atomic E-state index is 5.21. The molecule has 286 valence electrons. The molecule has 0 saturated heterocycles. The predicted octanol–water partition coefficient (Wildman–Crippen LogP) is 15.1. The van der Waals surface area contributed by atoms with E-state index in [9.17, 15) is 0 Å². The van der Waals surface area contributed by atoms with E-state index in [4.69, 9.17) is 15.0 Å². The molecule has 61 heavy (non-hydrogen) atoms. The van der Waals surface area contributed by atoms with Crippen LogP contribution >= 0.6 is 0 Å². The molecule has 1 aliphatic carbocycles. The molecule has 0 radical (unpaired) electrons. The molecule has 0 N–H and O–H groups in total. The van der Waals surface area contributed by atoms with Gasteiger partial charge in [-0.25, -0.2) is 15.0 Å². The molecule has 3 nitrogen and oxygen atoms in total. The van der Waals surface area contributed by atoms with Gasteiger partial charge in [0.15, 0.2) is 17.5 Å². The van der Waals surface area contributed by atoms with E-state index in [-0.39, 0.29) is 5.41 Å². The molecule has 11 aromatic rings. The lowest BCUT2D eigenvalue weighted by Crippen LogP contribution is -2.14. The second kappa shape index (κ2) is 13.7. The van der Waals surface area contributed by atoms with E-state index in [0.29, 0.717) is 17.5 Å². The zero-order valence-electron chi connectivity index (χ0n) is 33.9. The molecule has 0 bridgehead atoms.